The first-order valence-electron chi connectivity index (χ1n) is 7.71. The van der Waals surface area contributed by atoms with Crippen LogP contribution in [0.3, 0.4) is 0 Å². The van der Waals surface area contributed by atoms with E-state index in [2.05, 4.69) is 36.0 Å². The lowest BCUT2D eigenvalue weighted by Crippen LogP contribution is -2.70. The standard InChI is InChI=1S/C18H18N2O2/c1-20-11-10-19-12-14-6-2-4-8-16(14)21-18(19,20)22-17-9-5-3-7-15(17)13-20/h2-9,12H,10-11,13H2,1H3/q+2. The molecule has 5 rings (SSSR count). The van der Waals surface area contributed by atoms with Crippen molar-refractivity contribution >= 4 is 6.21 Å². The summed E-state index contributed by atoms with van der Waals surface area (Å²) in [5.41, 5.74) is 2.36. The first-order chi connectivity index (χ1) is 10.7. The van der Waals surface area contributed by atoms with Crippen LogP contribution in [0.5, 0.6) is 11.5 Å². The third-order valence-electron chi connectivity index (χ3n) is 5.07. The Morgan fingerprint density at radius 3 is 2.64 bits per heavy atom. The van der Waals surface area contributed by atoms with Crippen molar-refractivity contribution < 1.29 is 18.5 Å². The second-order valence-corrected chi connectivity index (χ2v) is 6.50. The maximum Gasteiger partial charge on any atom is 0.633 e. The number of likely N-dealkylation sites (N-methyl/N-ethyl adjacent to an activating group) is 1. The second kappa shape index (κ2) is 3.90. The monoisotopic (exact) mass is 294 g/mol. The molecule has 1 fully saturated rings. The Balaban J connectivity index is 1.71. The first-order valence-corrected chi connectivity index (χ1v) is 7.71. The van der Waals surface area contributed by atoms with E-state index in [1.165, 1.54) is 5.56 Å². The zero-order valence-corrected chi connectivity index (χ0v) is 12.5. The predicted molar refractivity (Wildman–Crippen MR) is 81.9 cm³/mol. The number of fused-ring (bicyclic) bond motifs is 2. The fraction of sp³-hybridized carbons (Fsp3) is 0.278. The van der Waals surface area contributed by atoms with E-state index in [-0.39, 0.29) is 0 Å². The molecule has 3 heterocycles. The molecule has 2 unspecified atom stereocenters. The molecule has 0 aliphatic carbocycles. The quantitative estimate of drug-likeness (QED) is 0.548. The molecule has 1 spiro atoms. The molecule has 3 aliphatic heterocycles. The Bertz CT molecular complexity index is 816. The molecular formula is C18H18N2O2+2. The lowest BCUT2D eigenvalue weighted by atomic mass is 10.1. The summed E-state index contributed by atoms with van der Waals surface area (Å²) in [4.78, 5) is 0. The minimum absolute atomic E-state index is 0.717. The number of hydrogen-bond donors (Lipinski definition) is 0. The average molecular weight is 294 g/mol. The molecule has 0 saturated carbocycles. The van der Waals surface area contributed by atoms with Crippen LogP contribution in [-0.2, 0) is 6.54 Å². The highest BCUT2D eigenvalue weighted by molar-refractivity contribution is 5.80. The molecule has 2 atom stereocenters. The normalized spacial score (nSPS) is 30.9. The maximum absolute atomic E-state index is 6.45. The first kappa shape index (κ1) is 12.2. The topological polar surface area (TPSA) is 21.5 Å². The SMILES string of the molecule is C[N+]12CC[N+]3=Cc4ccccc4OC31Oc1ccccc1C2. The van der Waals surface area contributed by atoms with Crippen LogP contribution in [-0.4, -0.2) is 41.4 Å². The molecule has 4 heteroatoms. The molecule has 2 aromatic carbocycles. The van der Waals surface area contributed by atoms with Gasteiger partial charge in [-0.25, -0.2) is 0 Å². The summed E-state index contributed by atoms with van der Waals surface area (Å²) in [6.45, 7) is 2.85. The Morgan fingerprint density at radius 2 is 1.73 bits per heavy atom. The lowest BCUT2D eigenvalue weighted by Gasteiger charge is -2.41. The van der Waals surface area contributed by atoms with Crippen LogP contribution in [0.2, 0.25) is 0 Å². The molecule has 2 aromatic rings. The Labute approximate surface area is 129 Å². The van der Waals surface area contributed by atoms with E-state index < -0.39 is 6.03 Å². The summed E-state index contributed by atoms with van der Waals surface area (Å²) in [7, 11) is 2.22. The highest BCUT2D eigenvalue weighted by Gasteiger charge is 2.73. The van der Waals surface area contributed by atoms with Crippen LogP contribution in [0.25, 0.3) is 0 Å². The van der Waals surface area contributed by atoms with E-state index in [0.717, 1.165) is 41.2 Å². The van der Waals surface area contributed by atoms with Gasteiger partial charge in [0.05, 0.1) is 12.6 Å². The van der Waals surface area contributed by atoms with Gasteiger partial charge in [-0.1, -0.05) is 28.8 Å². The summed E-state index contributed by atoms with van der Waals surface area (Å²) in [5.74, 6) is 1.82. The van der Waals surface area contributed by atoms with E-state index in [1.807, 2.05) is 30.3 Å². The number of nitrogens with zero attached hydrogens (tertiary/aromatic N) is 2. The molecule has 0 aromatic heterocycles. The molecule has 3 aliphatic rings. The van der Waals surface area contributed by atoms with Crippen LogP contribution in [0.4, 0.5) is 0 Å². The van der Waals surface area contributed by atoms with E-state index in [0.29, 0.717) is 0 Å². The van der Waals surface area contributed by atoms with Crippen molar-refractivity contribution in [3.8, 4) is 11.5 Å². The van der Waals surface area contributed by atoms with Gasteiger partial charge in [0.15, 0.2) is 18.5 Å². The van der Waals surface area contributed by atoms with Crippen LogP contribution in [0.15, 0.2) is 48.5 Å². The number of benzene rings is 2. The number of ether oxygens (including phenoxy) is 2. The van der Waals surface area contributed by atoms with E-state index in [1.54, 1.807) is 0 Å². The van der Waals surface area contributed by atoms with Crippen molar-refractivity contribution in [1.82, 2.24) is 0 Å². The fourth-order valence-corrected chi connectivity index (χ4v) is 3.85. The van der Waals surface area contributed by atoms with Crippen molar-refractivity contribution in [3.63, 3.8) is 0 Å². The number of hydrogen-bond acceptors (Lipinski definition) is 2. The van der Waals surface area contributed by atoms with Gasteiger partial charge in [0, 0.05) is 5.56 Å². The van der Waals surface area contributed by atoms with Crippen molar-refractivity contribution in [3.05, 3.63) is 59.7 Å². The molecule has 110 valence electrons. The maximum atomic E-state index is 6.45. The average Bonchev–Trinajstić information content (AvgIpc) is 2.82. The van der Waals surface area contributed by atoms with Crippen molar-refractivity contribution in [1.29, 1.82) is 0 Å². The Hall–Kier alpha value is -2.33. The summed E-state index contributed by atoms with van der Waals surface area (Å²) in [6.07, 6.45) is 2.18. The van der Waals surface area contributed by atoms with Gasteiger partial charge in [-0.15, -0.1) is 0 Å². The molecule has 0 N–H and O–H groups in total. The predicted octanol–water partition coefficient (Wildman–Crippen LogP) is 2.17. The van der Waals surface area contributed by atoms with Crippen molar-refractivity contribution in [2.75, 3.05) is 20.1 Å². The van der Waals surface area contributed by atoms with Crippen LogP contribution in [0, 0.1) is 0 Å². The Kier molecular flexibility index (Phi) is 2.17. The van der Waals surface area contributed by atoms with Crippen molar-refractivity contribution in [2.45, 2.75) is 12.6 Å². The van der Waals surface area contributed by atoms with Crippen LogP contribution < -0.4 is 9.47 Å². The number of rotatable bonds is 0. The molecular weight excluding hydrogens is 276 g/mol. The summed E-state index contributed by atoms with van der Waals surface area (Å²) in [6, 6.07) is 15.7. The molecule has 0 amide bonds. The summed E-state index contributed by atoms with van der Waals surface area (Å²) < 4.78 is 15.8. The third-order valence-corrected chi connectivity index (χ3v) is 5.07. The smallest absolute Gasteiger partial charge is 0.350 e. The number of quaternary nitrogens is 1. The van der Waals surface area contributed by atoms with Crippen molar-refractivity contribution in [2.24, 2.45) is 0 Å². The molecule has 0 radical (unpaired) electrons. The highest BCUT2D eigenvalue weighted by Crippen LogP contribution is 2.44. The van der Waals surface area contributed by atoms with Gasteiger partial charge >= 0.3 is 6.03 Å². The van der Waals surface area contributed by atoms with E-state index in [4.69, 9.17) is 9.47 Å². The second-order valence-electron chi connectivity index (χ2n) is 6.50. The fourth-order valence-electron chi connectivity index (χ4n) is 3.85. The molecule has 1 saturated heterocycles. The van der Waals surface area contributed by atoms with Gasteiger partial charge in [-0.3, -0.25) is 0 Å². The van der Waals surface area contributed by atoms with Gasteiger partial charge in [0.25, 0.3) is 0 Å². The minimum atomic E-state index is -0.775. The van der Waals surface area contributed by atoms with E-state index in [9.17, 15) is 0 Å². The van der Waals surface area contributed by atoms with E-state index >= 15 is 0 Å². The molecule has 0 bridgehead atoms. The zero-order chi connectivity index (χ0) is 14.8. The van der Waals surface area contributed by atoms with Gasteiger partial charge in [0.2, 0.25) is 6.54 Å². The minimum Gasteiger partial charge on any atom is -0.350 e. The van der Waals surface area contributed by atoms with Gasteiger partial charge < -0.3 is 9.47 Å². The number of para-hydroxylation sites is 2. The van der Waals surface area contributed by atoms with Gasteiger partial charge in [0.1, 0.15) is 12.3 Å². The van der Waals surface area contributed by atoms with Gasteiger partial charge in [-0.05, 0) is 24.3 Å². The van der Waals surface area contributed by atoms with Crippen LogP contribution in [0.1, 0.15) is 11.1 Å². The summed E-state index contributed by atoms with van der Waals surface area (Å²) >= 11 is 0. The molecule has 22 heavy (non-hydrogen) atoms. The molecule has 4 nitrogen and oxygen atoms in total. The third kappa shape index (κ3) is 1.38. The Morgan fingerprint density at radius 1 is 1.00 bits per heavy atom. The largest absolute Gasteiger partial charge is 0.633 e. The summed E-state index contributed by atoms with van der Waals surface area (Å²) in [5, 5.41) is 0. The van der Waals surface area contributed by atoms with Gasteiger partial charge in [-0.2, -0.15) is 4.48 Å². The lowest BCUT2D eigenvalue weighted by molar-refractivity contribution is -1.07. The zero-order valence-electron chi connectivity index (χ0n) is 12.5. The van der Waals surface area contributed by atoms with Crippen LogP contribution >= 0.6 is 0 Å². The highest BCUT2D eigenvalue weighted by atomic mass is 16.8.